The molecule has 1 aliphatic carbocycles. The van der Waals surface area contributed by atoms with E-state index in [1.807, 2.05) is 30.3 Å². The molecule has 26 heavy (non-hydrogen) atoms. The minimum Gasteiger partial charge on any atom is -0.481 e. The fraction of sp³-hybridized carbons (Fsp3) is 0.526. The van der Waals surface area contributed by atoms with E-state index in [2.05, 4.69) is 5.32 Å². The Morgan fingerprint density at radius 2 is 1.92 bits per heavy atom. The van der Waals surface area contributed by atoms with Crippen LogP contribution in [0.25, 0.3) is 0 Å². The number of hydrogen-bond acceptors (Lipinski definition) is 3. The molecule has 2 atom stereocenters. The van der Waals surface area contributed by atoms with Crippen LogP contribution >= 0.6 is 0 Å². The number of carbonyl (C=O) groups is 3. The molecular formula is C19H23N3O4. The van der Waals surface area contributed by atoms with Crippen molar-refractivity contribution in [1.82, 2.24) is 15.1 Å². The average molecular weight is 357 g/mol. The number of nitrogens with zero attached hydrogens (tertiary/aromatic N) is 2. The van der Waals surface area contributed by atoms with Gasteiger partial charge in [-0.1, -0.05) is 30.3 Å². The number of fused-ring (bicyclic) bond motifs is 1. The van der Waals surface area contributed by atoms with Crippen molar-refractivity contribution in [2.45, 2.75) is 19.4 Å². The Labute approximate surface area is 152 Å². The second kappa shape index (κ2) is 6.30. The van der Waals surface area contributed by atoms with Gasteiger partial charge in [0.15, 0.2) is 0 Å². The number of rotatable bonds is 5. The van der Waals surface area contributed by atoms with Gasteiger partial charge in [-0.3, -0.25) is 9.59 Å². The molecule has 3 aliphatic rings. The van der Waals surface area contributed by atoms with Crippen LogP contribution in [0.2, 0.25) is 0 Å². The third-order valence-corrected chi connectivity index (χ3v) is 5.80. The smallest absolute Gasteiger partial charge is 0.317 e. The molecular weight excluding hydrogens is 334 g/mol. The van der Waals surface area contributed by atoms with E-state index in [1.54, 1.807) is 4.90 Å². The van der Waals surface area contributed by atoms with Gasteiger partial charge in [0, 0.05) is 32.7 Å². The van der Waals surface area contributed by atoms with Crippen molar-refractivity contribution in [2.75, 3.05) is 26.2 Å². The van der Waals surface area contributed by atoms with Gasteiger partial charge in [0.05, 0.1) is 5.92 Å². The van der Waals surface area contributed by atoms with Gasteiger partial charge in [-0.25, -0.2) is 4.79 Å². The average Bonchev–Trinajstić information content (AvgIpc) is 3.30. The van der Waals surface area contributed by atoms with Crippen LogP contribution in [0.4, 0.5) is 4.79 Å². The summed E-state index contributed by atoms with van der Waals surface area (Å²) in [7, 11) is 0. The fourth-order valence-corrected chi connectivity index (χ4v) is 4.11. The molecule has 3 fully saturated rings. The predicted octanol–water partition coefficient (Wildman–Crippen LogP) is 1.15. The van der Waals surface area contributed by atoms with E-state index in [0.29, 0.717) is 19.0 Å². The Morgan fingerprint density at radius 3 is 2.54 bits per heavy atom. The molecule has 0 aromatic heterocycles. The zero-order chi connectivity index (χ0) is 18.3. The Balaban J connectivity index is 1.42. The van der Waals surface area contributed by atoms with Crippen molar-refractivity contribution in [3.8, 4) is 0 Å². The Morgan fingerprint density at radius 1 is 1.19 bits per heavy atom. The van der Waals surface area contributed by atoms with Crippen LogP contribution < -0.4 is 5.32 Å². The van der Waals surface area contributed by atoms with Crippen LogP contribution in [0.3, 0.4) is 0 Å². The summed E-state index contributed by atoms with van der Waals surface area (Å²) in [5, 5.41) is 12.7. The fourth-order valence-electron chi connectivity index (χ4n) is 4.11. The molecule has 1 aromatic carbocycles. The summed E-state index contributed by atoms with van der Waals surface area (Å²) in [5.41, 5.74) is -0.198. The summed E-state index contributed by atoms with van der Waals surface area (Å²) in [4.78, 5) is 40.4. The van der Waals surface area contributed by atoms with Gasteiger partial charge in [0.2, 0.25) is 5.91 Å². The van der Waals surface area contributed by atoms with Crippen molar-refractivity contribution in [3.05, 3.63) is 35.9 Å². The number of carboxylic acids is 1. The van der Waals surface area contributed by atoms with Gasteiger partial charge in [0.1, 0.15) is 5.41 Å². The Hall–Kier alpha value is -2.57. The first-order valence-corrected chi connectivity index (χ1v) is 9.08. The molecule has 3 amide bonds. The third kappa shape index (κ3) is 2.91. The minimum atomic E-state index is -1.17. The second-order valence-corrected chi connectivity index (χ2v) is 7.70. The van der Waals surface area contributed by atoms with E-state index in [9.17, 15) is 19.5 Å². The highest BCUT2D eigenvalue weighted by molar-refractivity contribution is 5.93. The number of aliphatic carboxylic acids is 1. The number of nitrogens with one attached hydrogen (secondary N) is 1. The Kier molecular flexibility index (Phi) is 4.09. The topological polar surface area (TPSA) is 90.0 Å². The monoisotopic (exact) mass is 357 g/mol. The summed E-state index contributed by atoms with van der Waals surface area (Å²) < 4.78 is 0. The van der Waals surface area contributed by atoms with Crippen molar-refractivity contribution in [2.24, 2.45) is 17.3 Å². The summed E-state index contributed by atoms with van der Waals surface area (Å²) in [6.45, 7) is 1.51. The maximum absolute atomic E-state index is 12.7. The normalized spacial score (nSPS) is 27.5. The SMILES string of the molecule is O=C(NCc1ccccc1)N1C[C@@H]2C(=O)N(CC3CC3)C[C@]2(C(=O)O)C1. The number of carboxylic acid groups (broad SMARTS) is 1. The molecule has 0 bridgehead atoms. The van der Waals surface area contributed by atoms with Crippen molar-refractivity contribution < 1.29 is 19.5 Å². The Bertz CT molecular complexity index is 734. The first-order chi connectivity index (χ1) is 12.5. The van der Waals surface area contributed by atoms with E-state index in [0.717, 1.165) is 18.4 Å². The van der Waals surface area contributed by atoms with Gasteiger partial charge in [-0.15, -0.1) is 0 Å². The van der Waals surface area contributed by atoms with Crippen LogP contribution in [-0.4, -0.2) is 59.0 Å². The summed E-state index contributed by atoms with van der Waals surface area (Å²) in [6, 6.07) is 9.21. The molecule has 1 aromatic rings. The highest BCUT2D eigenvalue weighted by Crippen LogP contribution is 2.45. The van der Waals surface area contributed by atoms with E-state index >= 15 is 0 Å². The van der Waals surface area contributed by atoms with Crippen LogP contribution in [0.5, 0.6) is 0 Å². The molecule has 4 rings (SSSR count). The van der Waals surface area contributed by atoms with E-state index in [4.69, 9.17) is 0 Å². The number of carbonyl (C=O) groups excluding carboxylic acids is 2. The molecule has 1 saturated carbocycles. The number of benzene rings is 1. The standard InChI is InChI=1S/C19H23N3O4/c23-16-15-10-22(18(26)20-8-13-4-2-1-3-5-13)12-19(15,17(24)25)11-21(16)9-14-6-7-14/h1-5,14-15H,6-12H2,(H,20,26)(H,24,25)/t15-,19+/m1/s1. The van der Waals surface area contributed by atoms with Crippen molar-refractivity contribution >= 4 is 17.9 Å². The summed E-state index contributed by atoms with van der Waals surface area (Å²) >= 11 is 0. The largest absolute Gasteiger partial charge is 0.481 e. The third-order valence-electron chi connectivity index (χ3n) is 5.80. The van der Waals surface area contributed by atoms with Crippen LogP contribution in [0.15, 0.2) is 30.3 Å². The lowest BCUT2D eigenvalue weighted by molar-refractivity contribution is -0.149. The number of urea groups is 1. The van der Waals surface area contributed by atoms with Gasteiger partial charge < -0.3 is 20.2 Å². The van der Waals surface area contributed by atoms with Crippen molar-refractivity contribution in [3.63, 3.8) is 0 Å². The zero-order valence-electron chi connectivity index (χ0n) is 14.6. The minimum absolute atomic E-state index is 0.0839. The number of hydrogen-bond donors (Lipinski definition) is 2. The predicted molar refractivity (Wildman–Crippen MR) is 93.1 cm³/mol. The lowest BCUT2D eigenvalue weighted by atomic mass is 9.81. The molecule has 7 heteroatoms. The van der Waals surface area contributed by atoms with E-state index in [-0.39, 0.29) is 31.6 Å². The molecule has 7 nitrogen and oxygen atoms in total. The molecule has 0 unspecified atom stereocenters. The van der Waals surface area contributed by atoms with E-state index in [1.165, 1.54) is 4.90 Å². The summed E-state index contributed by atoms with van der Waals surface area (Å²) in [5.74, 6) is -1.21. The molecule has 138 valence electrons. The maximum Gasteiger partial charge on any atom is 0.317 e. The highest BCUT2D eigenvalue weighted by atomic mass is 16.4. The molecule has 2 aliphatic heterocycles. The van der Waals surface area contributed by atoms with Gasteiger partial charge in [-0.2, -0.15) is 0 Å². The van der Waals surface area contributed by atoms with Gasteiger partial charge in [-0.05, 0) is 24.3 Å². The van der Waals surface area contributed by atoms with Gasteiger partial charge >= 0.3 is 12.0 Å². The molecule has 2 saturated heterocycles. The highest BCUT2D eigenvalue weighted by Gasteiger charge is 2.63. The van der Waals surface area contributed by atoms with Crippen LogP contribution in [0.1, 0.15) is 18.4 Å². The maximum atomic E-state index is 12.7. The lowest BCUT2D eigenvalue weighted by Crippen LogP contribution is -2.44. The van der Waals surface area contributed by atoms with Crippen LogP contribution in [-0.2, 0) is 16.1 Å². The second-order valence-electron chi connectivity index (χ2n) is 7.70. The quantitative estimate of drug-likeness (QED) is 0.827. The molecule has 2 heterocycles. The summed E-state index contributed by atoms with van der Waals surface area (Å²) in [6.07, 6.45) is 2.23. The van der Waals surface area contributed by atoms with Gasteiger partial charge in [0.25, 0.3) is 0 Å². The molecule has 2 N–H and O–H groups in total. The zero-order valence-corrected chi connectivity index (χ0v) is 14.6. The van der Waals surface area contributed by atoms with Crippen molar-refractivity contribution in [1.29, 1.82) is 0 Å². The molecule has 0 radical (unpaired) electrons. The first-order valence-electron chi connectivity index (χ1n) is 9.08. The first kappa shape index (κ1) is 16.9. The van der Waals surface area contributed by atoms with E-state index < -0.39 is 17.3 Å². The number of amides is 3. The lowest BCUT2D eigenvalue weighted by Gasteiger charge is -2.25. The van der Waals surface area contributed by atoms with Crippen LogP contribution in [0, 0.1) is 17.3 Å². The number of likely N-dealkylation sites (tertiary alicyclic amines) is 2. The molecule has 0 spiro atoms.